The molecule has 1 saturated heterocycles. The first kappa shape index (κ1) is 15.1. The van der Waals surface area contributed by atoms with Crippen LogP contribution in [0.2, 0.25) is 0 Å². The molecule has 2 heterocycles. The second-order valence-corrected chi connectivity index (χ2v) is 6.50. The van der Waals surface area contributed by atoms with E-state index in [-0.39, 0.29) is 17.7 Å². The van der Waals surface area contributed by atoms with Crippen molar-refractivity contribution in [1.82, 2.24) is 9.88 Å². The Hall–Kier alpha value is -1.85. The number of aromatic nitrogens is 1. The van der Waals surface area contributed by atoms with E-state index in [9.17, 15) is 9.59 Å². The average molecular weight is 305 g/mol. The van der Waals surface area contributed by atoms with Crippen molar-refractivity contribution in [2.75, 3.05) is 13.1 Å². The Morgan fingerprint density at radius 1 is 1.27 bits per heavy atom. The van der Waals surface area contributed by atoms with E-state index < -0.39 is 0 Å². The maximum atomic E-state index is 12.7. The van der Waals surface area contributed by atoms with Crippen molar-refractivity contribution in [2.45, 2.75) is 51.4 Å². The third-order valence-corrected chi connectivity index (χ3v) is 4.56. The summed E-state index contributed by atoms with van der Waals surface area (Å²) in [6, 6.07) is 0. The quantitative estimate of drug-likeness (QED) is 0.921. The number of carbonyl (C=O) groups is 2. The first-order valence-corrected chi connectivity index (χ1v) is 8.09. The van der Waals surface area contributed by atoms with Crippen molar-refractivity contribution >= 4 is 11.8 Å². The van der Waals surface area contributed by atoms with E-state index in [0.717, 1.165) is 32.1 Å². The van der Waals surface area contributed by atoms with Gasteiger partial charge < -0.3 is 15.1 Å². The van der Waals surface area contributed by atoms with E-state index in [4.69, 9.17) is 10.2 Å². The van der Waals surface area contributed by atoms with Gasteiger partial charge in [-0.2, -0.15) is 0 Å². The first-order valence-electron chi connectivity index (χ1n) is 8.09. The number of hydrogen-bond acceptors (Lipinski definition) is 4. The predicted molar refractivity (Wildman–Crippen MR) is 80.3 cm³/mol. The summed E-state index contributed by atoms with van der Waals surface area (Å²) >= 11 is 0. The number of likely N-dealkylation sites (tertiary alicyclic amines) is 1. The fraction of sp³-hybridized carbons (Fsp3) is 0.688. The SMILES string of the molecule is Cc1nc(C2CC2)oc1C(=O)N1CCC[C@H](CC(N)=O)CC1. The number of hydrogen-bond donors (Lipinski definition) is 1. The van der Waals surface area contributed by atoms with Gasteiger partial charge in [0, 0.05) is 25.4 Å². The predicted octanol–water partition coefficient (Wildman–Crippen LogP) is 1.98. The van der Waals surface area contributed by atoms with Crippen molar-refractivity contribution in [3.8, 4) is 0 Å². The Morgan fingerprint density at radius 2 is 2.05 bits per heavy atom. The molecule has 0 radical (unpaired) electrons. The Balaban J connectivity index is 1.65. The zero-order valence-electron chi connectivity index (χ0n) is 13.0. The molecular weight excluding hydrogens is 282 g/mol. The van der Waals surface area contributed by atoms with Crippen molar-refractivity contribution < 1.29 is 14.0 Å². The fourth-order valence-corrected chi connectivity index (χ4v) is 3.12. The summed E-state index contributed by atoms with van der Waals surface area (Å²) in [6.07, 6.45) is 5.27. The van der Waals surface area contributed by atoms with Gasteiger partial charge in [0.05, 0.1) is 5.69 Å². The minimum absolute atomic E-state index is 0.0726. The summed E-state index contributed by atoms with van der Waals surface area (Å²) in [4.78, 5) is 29.9. The highest BCUT2D eigenvalue weighted by Crippen LogP contribution is 2.40. The van der Waals surface area contributed by atoms with Crippen LogP contribution in [0.25, 0.3) is 0 Å². The number of carbonyl (C=O) groups excluding carboxylic acids is 2. The second-order valence-electron chi connectivity index (χ2n) is 6.50. The molecule has 2 aliphatic rings. The summed E-state index contributed by atoms with van der Waals surface area (Å²) in [5.74, 6) is 1.46. The topological polar surface area (TPSA) is 89.4 Å². The number of nitrogens with two attached hydrogens (primary N) is 1. The van der Waals surface area contributed by atoms with Gasteiger partial charge in [-0.1, -0.05) is 0 Å². The lowest BCUT2D eigenvalue weighted by atomic mass is 9.97. The van der Waals surface area contributed by atoms with E-state index in [1.165, 1.54) is 0 Å². The van der Waals surface area contributed by atoms with Crippen molar-refractivity contribution in [2.24, 2.45) is 11.7 Å². The standard InChI is InChI=1S/C16H23N3O3/c1-10-14(22-15(18-10)12-4-5-12)16(21)19-7-2-3-11(6-8-19)9-13(17)20/h11-12H,2-9H2,1H3,(H2,17,20)/t11-/m0/s1. The van der Waals surface area contributed by atoms with Crippen LogP contribution in [0.15, 0.2) is 4.42 Å². The molecule has 22 heavy (non-hydrogen) atoms. The van der Waals surface area contributed by atoms with Crippen molar-refractivity contribution in [3.05, 3.63) is 17.3 Å². The number of amides is 2. The molecule has 1 aliphatic heterocycles. The van der Waals surface area contributed by atoms with E-state index in [2.05, 4.69) is 4.98 Å². The monoisotopic (exact) mass is 305 g/mol. The lowest BCUT2D eigenvalue weighted by molar-refractivity contribution is -0.119. The molecule has 3 rings (SSSR count). The second kappa shape index (κ2) is 6.10. The molecule has 0 aromatic carbocycles. The molecule has 6 nitrogen and oxygen atoms in total. The molecule has 2 N–H and O–H groups in total. The van der Waals surface area contributed by atoms with Gasteiger partial charge in [0.2, 0.25) is 11.7 Å². The zero-order chi connectivity index (χ0) is 15.7. The minimum atomic E-state index is -0.259. The van der Waals surface area contributed by atoms with Gasteiger partial charge in [-0.3, -0.25) is 9.59 Å². The van der Waals surface area contributed by atoms with Gasteiger partial charge >= 0.3 is 0 Å². The van der Waals surface area contributed by atoms with Crippen LogP contribution in [-0.2, 0) is 4.79 Å². The van der Waals surface area contributed by atoms with E-state index >= 15 is 0 Å². The van der Waals surface area contributed by atoms with Gasteiger partial charge in [-0.15, -0.1) is 0 Å². The van der Waals surface area contributed by atoms with Gasteiger partial charge in [-0.25, -0.2) is 4.98 Å². The summed E-state index contributed by atoms with van der Waals surface area (Å²) in [5, 5.41) is 0. The Morgan fingerprint density at radius 3 is 2.73 bits per heavy atom. The Bertz CT molecular complexity index is 577. The molecule has 6 heteroatoms. The number of aryl methyl sites for hydroxylation is 1. The molecule has 2 fully saturated rings. The number of rotatable bonds is 4. The molecule has 2 amide bonds. The van der Waals surface area contributed by atoms with Crippen LogP contribution in [0.4, 0.5) is 0 Å². The molecule has 0 bridgehead atoms. The summed E-state index contributed by atoms with van der Waals surface area (Å²) in [7, 11) is 0. The molecule has 0 unspecified atom stereocenters. The fourth-order valence-electron chi connectivity index (χ4n) is 3.12. The third kappa shape index (κ3) is 3.31. The van der Waals surface area contributed by atoms with Gasteiger partial charge in [0.25, 0.3) is 5.91 Å². The van der Waals surface area contributed by atoms with Crippen LogP contribution in [0, 0.1) is 12.8 Å². The maximum Gasteiger partial charge on any atom is 0.291 e. The molecule has 1 aromatic heterocycles. The van der Waals surface area contributed by atoms with Gasteiger partial charge in [0.1, 0.15) is 0 Å². The van der Waals surface area contributed by atoms with Crippen molar-refractivity contribution in [3.63, 3.8) is 0 Å². The van der Waals surface area contributed by atoms with Gasteiger partial charge in [-0.05, 0) is 44.9 Å². The summed E-state index contributed by atoms with van der Waals surface area (Å²) in [5.41, 5.74) is 5.96. The number of primary amides is 1. The first-order chi connectivity index (χ1) is 10.5. The van der Waals surface area contributed by atoms with Crippen LogP contribution >= 0.6 is 0 Å². The molecule has 1 saturated carbocycles. The average Bonchev–Trinajstić information content (AvgIpc) is 3.25. The molecule has 0 spiro atoms. The maximum absolute atomic E-state index is 12.7. The number of nitrogens with zero attached hydrogens (tertiary/aromatic N) is 2. The highest BCUT2D eigenvalue weighted by atomic mass is 16.4. The van der Waals surface area contributed by atoms with E-state index in [1.54, 1.807) is 0 Å². The van der Waals surface area contributed by atoms with Crippen molar-refractivity contribution in [1.29, 1.82) is 0 Å². The lowest BCUT2D eigenvalue weighted by Gasteiger charge is -2.19. The third-order valence-electron chi connectivity index (χ3n) is 4.56. The zero-order valence-corrected chi connectivity index (χ0v) is 13.0. The molecule has 1 aliphatic carbocycles. The van der Waals surface area contributed by atoms with E-state index in [1.807, 2.05) is 11.8 Å². The largest absolute Gasteiger partial charge is 0.435 e. The number of oxazole rings is 1. The Labute approximate surface area is 130 Å². The van der Waals surface area contributed by atoms with Crippen LogP contribution in [0.5, 0.6) is 0 Å². The summed E-state index contributed by atoms with van der Waals surface area (Å²) in [6.45, 7) is 3.18. The van der Waals surface area contributed by atoms with Crippen LogP contribution in [0.1, 0.15) is 66.6 Å². The highest BCUT2D eigenvalue weighted by Gasteiger charge is 2.32. The van der Waals surface area contributed by atoms with Crippen LogP contribution < -0.4 is 5.73 Å². The summed E-state index contributed by atoms with van der Waals surface area (Å²) < 4.78 is 5.71. The smallest absolute Gasteiger partial charge is 0.291 e. The molecule has 1 aromatic rings. The molecular formula is C16H23N3O3. The highest BCUT2D eigenvalue weighted by molar-refractivity contribution is 5.92. The van der Waals surface area contributed by atoms with Crippen LogP contribution in [0.3, 0.4) is 0 Å². The Kier molecular flexibility index (Phi) is 4.18. The minimum Gasteiger partial charge on any atom is -0.435 e. The van der Waals surface area contributed by atoms with E-state index in [0.29, 0.717) is 42.8 Å². The molecule has 1 atom stereocenters. The lowest BCUT2D eigenvalue weighted by Crippen LogP contribution is -2.32. The van der Waals surface area contributed by atoms with Gasteiger partial charge in [0.15, 0.2) is 5.89 Å². The van der Waals surface area contributed by atoms with Crippen LogP contribution in [-0.4, -0.2) is 34.8 Å². The molecule has 120 valence electrons. The normalized spacial score (nSPS) is 22.4.